The number of rotatable bonds is 2. The van der Waals surface area contributed by atoms with E-state index < -0.39 is 11.9 Å². The van der Waals surface area contributed by atoms with Crippen LogP contribution in [0.3, 0.4) is 0 Å². The second-order valence-electron chi connectivity index (χ2n) is 4.85. The van der Waals surface area contributed by atoms with Gasteiger partial charge in [-0.1, -0.05) is 34.6 Å². The number of aromatic carboxylic acids is 1. The molecule has 0 radical (unpaired) electrons. The van der Waals surface area contributed by atoms with Crippen LogP contribution in [0, 0.1) is 0 Å². The largest absolute Gasteiger partial charge is 0.478 e. The van der Waals surface area contributed by atoms with Gasteiger partial charge in [0, 0.05) is 0 Å². The average Bonchev–Trinajstić information content (AvgIpc) is 2.38. The maximum atomic E-state index is 11.5. The van der Waals surface area contributed by atoms with E-state index in [1.165, 1.54) is 13.2 Å². The molecule has 0 saturated carbocycles. The van der Waals surface area contributed by atoms with E-state index in [2.05, 4.69) is 4.74 Å². The van der Waals surface area contributed by atoms with E-state index in [0.717, 1.165) is 5.56 Å². The normalized spacial score (nSPS) is 10.2. The lowest BCUT2D eigenvalue weighted by Gasteiger charge is -2.20. The maximum Gasteiger partial charge on any atom is 0.337 e. The van der Waals surface area contributed by atoms with Crippen LogP contribution < -0.4 is 0 Å². The fourth-order valence-corrected chi connectivity index (χ4v) is 1.42. The zero-order valence-electron chi connectivity index (χ0n) is 12.4. The Balaban J connectivity index is 0.00000154. The van der Waals surface area contributed by atoms with Crippen molar-refractivity contribution in [3.63, 3.8) is 0 Å². The second kappa shape index (κ2) is 6.92. The Bertz CT molecular complexity index is 456. The fraction of sp³-hybridized carbons (Fsp3) is 0.467. The number of carbonyl (C=O) groups is 2. The van der Waals surface area contributed by atoms with Gasteiger partial charge in [0.05, 0.1) is 18.2 Å². The molecule has 106 valence electrons. The Morgan fingerprint density at radius 1 is 1.05 bits per heavy atom. The molecule has 4 nitrogen and oxygen atoms in total. The molecule has 0 atom stereocenters. The third-order valence-corrected chi connectivity index (χ3v) is 2.47. The number of carboxylic acid groups (broad SMARTS) is 1. The topological polar surface area (TPSA) is 63.6 Å². The number of carboxylic acids is 1. The summed E-state index contributed by atoms with van der Waals surface area (Å²) in [4.78, 5) is 22.4. The van der Waals surface area contributed by atoms with Gasteiger partial charge in [-0.3, -0.25) is 0 Å². The van der Waals surface area contributed by atoms with Crippen LogP contribution in [0.4, 0.5) is 0 Å². The highest BCUT2D eigenvalue weighted by atomic mass is 16.5. The van der Waals surface area contributed by atoms with Crippen LogP contribution in [0.1, 0.15) is 60.9 Å². The minimum atomic E-state index is -1.05. The third kappa shape index (κ3) is 4.73. The Kier molecular flexibility index (Phi) is 6.25. The number of methoxy groups -OCH3 is 1. The lowest BCUT2D eigenvalue weighted by molar-refractivity contribution is 0.0600. The van der Waals surface area contributed by atoms with E-state index in [4.69, 9.17) is 5.11 Å². The van der Waals surface area contributed by atoms with Crippen molar-refractivity contribution in [1.29, 1.82) is 0 Å². The molecule has 0 aliphatic carbocycles. The Morgan fingerprint density at radius 2 is 1.53 bits per heavy atom. The monoisotopic (exact) mass is 266 g/mol. The molecule has 0 fully saturated rings. The molecule has 0 spiro atoms. The molecule has 1 rings (SSSR count). The minimum Gasteiger partial charge on any atom is -0.478 e. The predicted octanol–water partition coefficient (Wildman–Crippen LogP) is 3.50. The molecule has 0 saturated heterocycles. The smallest absolute Gasteiger partial charge is 0.337 e. The zero-order valence-corrected chi connectivity index (χ0v) is 12.4. The quantitative estimate of drug-likeness (QED) is 0.832. The van der Waals surface area contributed by atoms with Gasteiger partial charge in [-0.2, -0.15) is 0 Å². The van der Waals surface area contributed by atoms with Crippen molar-refractivity contribution in [1.82, 2.24) is 0 Å². The first-order chi connectivity index (χ1) is 8.75. The van der Waals surface area contributed by atoms with Crippen LogP contribution in [-0.2, 0) is 10.2 Å². The highest BCUT2D eigenvalue weighted by molar-refractivity contribution is 5.95. The highest BCUT2D eigenvalue weighted by Crippen LogP contribution is 2.25. The van der Waals surface area contributed by atoms with Gasteiger partial charge in [0.2, 0.25) is 0 Å². The van der Waals surface area contributed by atoms with Gasteiger partial charge in [-0.05, 0) is 29.2 Å². The maximum absolute atomic E-state index is 11.5. The molecule has 0 heterocycles. The van der Waals surface area contributed by atoms with Gasteiger partial charge >= 0.3 is 11.9 Å². The predicted molar refractivity (Wildman–Crippen MR) is 74.8 cm³/mol. The van der Waals surface area contributed by atoms with Crippen molar-refractivity contribution >= 4 is 11.9 Å². The first-order valence-electron chi connectivity index (χ1n) is 6.23. The van der Waals surface area contributed by atoms with E-state index >= 15 is 0 Å². The number of benzene rings is 1. The molecular weight excluding hydrogens is 244 g/mol. The van der Waals surface area contributed by atoms with E-state index in [1.54, 1.807) is 12.1 Å². The first kappa shape index (κ1) is 17.2. The number of ether oxygens (including phenoxy) is 1. The van der Waals surface area contributed by atoms with Gasteiger partial charge in [0.1, 0.15) is 0 Å². The highest BCUT2D eigenvalue weighted by Gasteiger charge is 2.19. The second-order valence-corrected chi connectivity index (χ2v) is 4.85. The minimum absolute atomic E-state index is 0.0952. The van der Waals surface area contributed by atoms with Crippen LogP contribution in [0.25, 0.3) is 0 Å². The summed E-state index contributed by atoms with van der Waals surface area (Å²) in [5, 5.41) is 9.00. The molecule has 0 amide bonds. The van der Waals surface area contributed by atoms with Crippen LogP contribution in [-0.4, -0.2) is 24.2 Å². The third-order valence-electron chi connectivity index (χ3n) is 2.47. The van der Waals surface area contributed by atoms with Crippen LogP contribution >= 0.6 is 0 Å². The molecule has 1 N–H and O–H groups in total. The summed E-state index contributed by atoms with van der Waals surface area (Å²) in [5.41, 5.74) is 0.918. The number of esters is 1. The summed E-state index contributed by atoms with van der Waals surface area (Å²) < 4.78 is 4.61. The van der Waals surface area contributed by atoms with Gasteiger partial charge in [-0.25, -0.2) is 9.59 Å². The first-order valence-corrected chi connectivity index (χ1v) is 6.23. The molecule has 0 bridgehead atoms. The van der Waals surface area contributed by atoms with Crippen molar-refractivity contribution in [2.24, 2.45) is 0 Å². The molecule has 0 aliphatic rings. The molecule has 19 heavy (non-hydrogen) atoms. The number of carbonyl (C=O) groups excluding carboxylic acids is 1. The van der Waals surface area contributed by atoms with E-state index in [-0.39, 0.29) is 16.5 Å². The SMILES string of the molecule is CC.COC(=O)c1cc(C(=O)O)cc(C(C)(C)C)c1. The van der Waals surface area contributed by atoms with Gasteiger partial charge in [-0.15, -0.1) is 0 Å². The van der Waals surface area contributed by atoms with Gasteiger partial charge in [0.25, 0.3) is 0 Å². The summed E-state index contributed by atoms with van der Waals surface area (Å²) in [6, 6.07) is 4.57. The molecule has 0 aliphatic heterocycles. The summed E-state index contributed by atoms with van der Waals surface area (Å²) in [6.45, 7) is 9.86. The molecule has 0 unspecified atom stereocenters. The molecular formula is C15H22O4. The molecule has 0 aromatic heterocycles. The lowest BCUT2D eigenvalue weighted by atomic mass is 9.85. The van der Waals surface area contributed by atoms with Crippen molar-refractivity contribution in [3.05, 3.63) is 34.9 Å². The van der Waals surface area contributed by atoms with Gasteiger partial charge < -0.3 is 9.84 Å². The summed E-state index contributed by atoms with van der Waals surface area (Å²) >= 11 is 0. The van der Waals surface area contributed by atoms with Crippen LogP contribution in [0.5, 0.6) is 0 Å². The summed E-state index contributed by atoms with van der Waals surface area (Å²) in [6.07, 6.45) is 0. The molecule has 1 aromatic rings. The summed E-state index contributed by atoms with van der Waals surface area (Å²) in [7, 11) is 1.27. The Hall–Kier alpha value is -1.84. The standard InChI is InChI=1S/C13H16O4.C2H6/c1-13(2,3)10-6-8(11(14)15)5-9(7-10)12(16)17-4;1-2/h5-7H,1-4H3,(H,14,15);1-2H3. The fourth-order valence-electron chi connectivity index (χ4n) is 1.42. The van der Waals surface area contributed by atoms with E-state index in [9.17, 15) is 9.59 Å². The van der Waals surface area contributed by atoms with Crippen molar-refractivity contribution in [2.45, 2.75) is 40.0 Å². The van der Waals surface area contributed by atoms with E-state index in [1.807, 2.05) is 34.6 Å². The van der Waals surface area contributed by atoms with Crippen molar-refractivity contribution in [3.8, 4) is 0 Å². The Labute approximate surface area is 114 Å². The molecule has 1 aromatic carbocycles. The average molecular weight is 266 g/mol. The Morgan fingerprint density at radius 3 is 1.89 bits per heavy atom. The van der Waals surface area contributed by atoms with Crippen LogP contribution in [0.15, 0.2) is 18.2 Å². The lowest BCUT2D eigenvalue weighted by Crippen LogP contribution is -2.15. The van der Waals surface area contributed by atoms with Crippen molar-refractivity contribution in [2.75, 3.05) is 7.11 Å². The van der Waals surface area contributed by atoms with Crippen LogP contribution in [0.2, 0.25) is 0 Å². The summed E-state index contributed by atoms with van der Waals surface area (Å²) in [5.74, 6) is -1.58. The number of hydrogen-bond donors (Lipinski definition) is 1. The molecule has 4 heteroatoms. The van der Waals surface area contributed by atoms with Crippen molar-refractivity contribution < 1.29 is 19.4 Å². The number of hydrogen-bond acceptors (Lipinski definition) is 3. The van der Waals surface area contributed by atoms with Gasteiger partial charge in [0.15, 0.2) is 0 Å². The van der Waals surface area contributed by atoms with E-state index in [0.29, 0.717) is 0 Å². The zero-order chi connectivity index (χ0) is 15.2.